The van der Waals surface area contributed by atoms with E-state index < -0.39 is 6.04 Å². The quantitative estimate of drug-likeness (QED) is 0.739. The lowest BCUT2D eigenvalue weighted by molar-refractivity contribution is -0.129. The van der Waals surface area contributed by atoms with Crippen LogP contribution in [0, 0.1) is 5.41 Å². The second-order valence-corrected chi connectivity index (χ2v) is 10.8. The Bertz CT molecular complexity index is 837. The zero-order chi connectivity index (χ0) is 23.4. The standard InChI is InChI=1S/C26H39N3O4/c1-26(2,3)12-13-28-14-15-29-22(18-28)24(30)27-17-20-8-6-7-19(33-20)11-16-32-23-10-5-4-9-21(23)25(29)31/h4-5,9-10,19-20,22H,6-8,11-18H2,1-3H3,(H,27,30)/t19-,20-,22-/m0/s1. The van der Waals surface area contributed by atoms with E-state index in [9.17, 15) is 9.59 Å². The van der Waals surface area contributed by atoms with E-state index in [0.717, 1.165) is 45.2 Å². The van der Waals surface area contributed by atoms with E-state index in [-0.39, 0.29) is 29.4 Å². The number of ether oxygens (including phenoxy) is 2. The number of carbonyl (C=O) groups excluding carboxylic acids is 2. The topological polar surface area (TPSA) is 71.1 Å². The third-order valence-electron chi connectivity index (χ3n) is 6.96. The molecule has 3 heterocycles. The van der Waals surface area contributed by atoms with Gasteiger partial charge < -0.3 is 19.7 Å². The fourth-order valence-corrected chi connectivity index (χ4v) is 4.90. The Hall–Kier alpha value is -2.12. The van der Waals surface area contributed by atoms with Crippen molar-refractivity contribution in [2.75, 3.05) is 39.3 Å². The molecule has 0 radical (unpaired) electrons. The van der Waals surface area contributed by atoms with Gasteiger partial charge in [0.15, 0.2) is 0 Å². The first-order chi connectivity index (χ1) is 15.8. The molecule has 33 heavy (non-hydrogen) atoms. The van der Waals surface area contributed by atoms with Crippen LogP contribution in [-0.2, 0) is 9.53 Å². The highest BCUT2D eigenvalue weighted by Gasteiger charge is 2.37. The number of benzene rings is 1. The Labute approximate surface area is 197 Å². The van der Waals surface area contributed by atoms with Gasteiger partial charge in [-0.15, -0.1) is 0 Å². The highest BCUT2D eigenvalue weighted by molar-refractivity contribution is 6.00. The smallest absolute Gasteiger partial charge is 0.258 e. The van der Waals surface area contributed by atoms with Crippen LogP contribution >= 0.6 is 0 Å². The first-order valence-corrected chi connectivity index (χ1v) is 12.5. The summed E-state index contributed by atoms with van der Waals surface area (Å²) < 4.78 is 12.3. The SMILES string of the molecule is CC(C)(C)CCN1CCN2C(=O)c3ccccc3OCC[C@@H]3CCC[C@@H](CNC(=O)[C@@H]2C1)O3. The van der Waals surface area contributed by atoms with Crippen molar-refractivity contribution >= 4 is 11.8 Å². The molecule has 7 nitrogen and oxygen atoms in total. The third-order valence-corrected chi connectivity index (χ3v) is 6.96. The lowest BCUT2D eigenvalue weighted by Crippen LogP contribution is -2.61. The fraction of sp³-hybridized carbons (Fsp3) is 0.692. The van der Waals surface area contributed by atoms with Gasteiger partial charge in [-0.1, -0.05) is 32.9 Å². The maximum Gasteiger partial charge on any atom is 0.258 e. The van der Waals surface area contributed by atoms with Crippen LogP contribution in [0.1, 0.15) is 63.2 Å². The molecule has 3 aliphatic rings. The number of fused-ring (bicyclic) bond motifs is 4. The molecule has 2 amide bonds. The maximum atomic E-state index is 13.6. The molecule has 3 atom stereocenters. The van der Waals surface area contributed by atoms with Crippen LogP contribution in [0.3, 0.4) is 0 Å². The molecule has 4 rings (SSSR count). The highest BCUT2D eigenvalue weighted by Crippen LogP contribution is 2.26. The summed E-state index contributed by atoms with van der Waals surface area (Å²) in [7, 11) is 0. The summed E-state index contributed by atoms with van der Waals surface area (Å²) in [5.41, 5.74) is 0.752. The monoisotopic (exact) mass is 457 g/mol. The lowest BCUT2D eigenvalue weighted by Gasteiger charge is -2.41. The van der Waals surface area contributed by atoms with E-state index in [0.29, 0.717) is 37.6 Å². The lowest BCUT2D eigenvalue weighted by atomic mass is 9.92. The first kappa shape index (κ1) is 24.0. The minimum absolute atomic E-state index is 0.0210. The Morgan fingerprint density at radius 1 is 1.06 bits per heavy atom. The van der Waals surface area contributed by atoms with Crippen LogP contribution in [0.15, 0.2) is 24.3 Å². The number of hydrogen-bond donors (Lipinski definition) is 1. The van der Waals surface area contributed by atoms with Crippen LogP contribution in [0.5, 0.6) is 5.75 Å². The number of para-hydroxylation sites is 1. The number of piperazine rings is 1. The van der Waals surface area contributed by atoms with Gasteiger partial charge in [-0.3, -0.25) is 14.5 Å². The zero-order valence-electron chi connectivity index (χ0n) is 20.3. The van der Waals surface area contributed by atoms with Crippen LogP contribution in [0.25, 0.3) is 0 Å². The molecule has 2 bridgehead atoms. The number of nitrogens with one attached hydrogen (secondary N) is 1. The maximum absolute atomic E-state index is 13.6. The predicted molar refractivity (Wildman–Crippen MR) is 127 cm³/mol. The van der Waals surface area contributed by atoms with E-state index in [2.05, 4.69) is 31.0 Å². The molecule has 2 saturated heterocycles. The van der Waals surface area contributed by atoms with Gasteiger partial charge in [0.05, 0.1) is 24.4 Å². The van der Waals surface area contributed by atoms with E-state index in [4.69, 9.17) is 9.47 Å². The van der Waals surface area contributed by atoms with Gasteiger partial charge in [0.2, 0.25) is 5.91 Å². The molecule has 0 aromatic heterocycles. The summed E-state index contributed by atoms with van der Waals surface area (Å²) in [6.45, 7) is 10.5. The van der Waals surface area contributed by atoms with Crippen molar-refractivity contribution in [1.29, 1.82) is 0 Å². The van der Waals surface area contributed by atoms with Crippen LogP contribution in [0.2, 0.25) is 0 Å². The number of rotatable bonds is 2. The third kappa shape index (κ3) is 6.27. The predicted octanol–water partition coefficient (Wildman–Crippen LogP) is 3.09. The summed E-state index contributed by atoms with van der Waals surface area (Å²) in [5.74, 6) is 0.362. The number of hydrogen-bond acceptors (Lipinski definition) is 5. The fourth-order valence-electron chi connectivity index (χ4n) is 4.90. The van der Waals surface area contributed by atoms with Crippen molar-refractivity contribution in [2.24, 2.45) is 5.41 Å². The van der Waals surface area contributed by atoms with Crippen molar-refractivity contribution in [3.8, 4) is 5.75 Å². The average Bonchev–Trinajstić information content (AvgIpc) is 2.80. The summed E-state index contributed by atoms with van der Waals surface area (Å²) in [4.78, 5) is 31.0. The second kappa shape index (κ2) is 10.4. The normalized spacial score (nSPS) is 27.6. The van der Waals surface area contributed by atoms with Gasteiger partial charge in [0.25, 0.3) is 5.91 Å². The van der Waals surface area contributed by atoms with Crippen molar-refractivity contribution in [2.45, 2.75) is 71.1 Å². The van der Waals surface area contributed by atoms with Gasteiger partial charge in [-0.25, -0.2) is 0 Å². The summed E-state index contributed by atoms with van der Waals surface area (Å²) in [5, 5.41) is 3.11. The molecule has 0 saturated carbocycles. The molecule has 0 spiro atoms. The van der Waals surface area contributed by atoms with E-state index in [1.807, 2.05) is 18.2 Å². The Morgan fingerprint density at radius 2 is 1.85 bits per heavy atom. The molecule has 2 fully saturated rings. The highest BCUT2D eigenvalue weighted by atomic mass is 16.5. The van der Waals surface area contributed by atoms with Crippen molar-refractivity contribution < 1.29 is 19.1 Å². The van der Waals surface area contributed by atoms with Crippen molar-refractivity contribution in [1.82, 2.24) is 15.1 Å². The minimum Gasteiger partial charge on any atom is -0.493 e. The minimum atomic E-state index is -0.526. The molecule has 3 aliphatic heterocycles. The largest absolute Gasteiger partial charge is 0.493 e. The molecule has 1 N–H and O–H groups in total. The Balaban J connectivity index is 1.57. The van der Waals surface area contributed by atoms with Crippen LogP contribution in [0.4, 0.5) is 0 Å². The van der Waals surface area contributed by atoms with Gasteiger partial charge in [-0.2, -0.15) is 0 Å². The Morgan fingerprint density at radius 3 is 2.67 bits per heavy atom. The molecule has 7 heteroatoms. The van der Waals surface area contributed by atoms with Crippen molar-refractivity contribution in [3.05, 3.63) is 29.8 Å². The Kier molecular flexibility index (Phi) is 7.59. The van der Waals surface area contributed by atoms with Crippen molar-refractivity contribution in [3.63, 3.8) is 0 Å². The zero-order valence-corrected chi connectivity index (χ0v) is 20.3. The van der Waals surface area contributed by atoms with Gasteiger partial charge >= 0.3 is 0 Å². The van der Waals surface area contributed by atoms with E-state index in [1.165, 1.54) is 0 Å². The van der Waals surface area contributed by atoms with Gasteiger partial charge in [-0.05, 0) is 49.8 Å². The molecule has 1 aromatic rings. The average molecular weight is 458 g/mol. The molecule has 182 valence electrons. The molecular formula is C26H39N3O4. The number of amides is 2. The molecule has 0 aliphatic carbocycles. The first-order valence-electron chi connectivity index (χ1n) is 12.5. The summed E-state index contributed by atoms with van der Waals surface area (Å²) >= 11 is 0. The van der Waals surface area contributed by atoms with Crippen LogP contribution in [-0.4, -0.2) is 79.2 Å². The van der Waals surface area contributed by atoms with Crippen LogP contribution < -0.4 is 10.1 Å². The number of carbonyl (C=O) groups is 2. The number of nitrogens with zero attached hydrogens (tertiary/aromatic N) is 2. The second-order valence-electron chi connectivity index (χ2n) is 10.8. The molecular weight excluding hydrogens is 418 g/mol. The molecule has 0 unspecified atom stereocenters. The summed E-state index contributed by atoms with van der Waals surface area (Å²) in [6, 6.07) is 6.86. The van der Waals surface area contributed by atoms with E-state index in [1.54, 1.807) is 11.0 Å². The van der Waals surface area contributed by atoms with E-state index >= 15 is 0 Å². The summed E-state index contributed by atoms with van der Waals surface area (Å²) in [6.07, 6.45) is 5.03. The van der Waals surface area contributed by atoms with Gasteiger partial charge in [0, 0.05) is 32.6 Å². The molecule has 1 aromatic carbocycles. The van der Waals surface area contributed by atoms with Gasteiger partial charge in [0.1, 0.15) is 11.8 Å².